The molecule has 106 valence electrons. The van der Waals surface area contributed by atoms with Gasteiger partial charge in [-0.05, 0) is 37.1 Å². The molecule has 0 radical (unpaired) electrons. The smallest absolute Gasteiger partial charge is 0.123 e. The molecule has 1 N–H and O–H groups in total. The van der Waals surface area contributed by atoms with E-state index >= 15 is 0 Å². The lowest BCUT2D eigenvalue weighted by atomic mass is 9.83. The second kappa shape index (κ2) is 5.99. The van der Waals surface area contributed by atoms with Gasteiger partial charge >= 0.3 is 0 Å². The first-order valence-electron chi connectivity index (χ1n) is 6.74. The van der Waals surface area contributed by atoms with Gasteiger partial charge in [0.25, 0.3) is 0 Å². The van der Waals surface area contributed by atoms with Crippen LogP contribution in [0.3, 0.4) is 0 Å². The maximum atomic E-state index is 13.5. The topological polar surface area (TPSA) is 38.7 Å². The largest absolute Gasteiger partial charge is 0.385 e. The van der Waals surface area contributed by atoms with Gasteiger partial charge in [0.2, 0.25) is 0 Å². The van der Waals surface area contributed by atoms with Gasteiger partial charge in [0.15, 0.2) is 0 Å². The molecule has 0 bridgehead atoms. The fraction of sp³-hybridized carbons (Fsp3) is 0.600. The molecule has 0 amide bonds. The van der Waals surface area contributed by atoms with Gasteiger partial charge in [-0.25, -0.2) is 4.39 Å². The van der Waals surface area contributed by atoms with Crippen molar-refractivity contribution in [3.8, 4) is 0 Å². The quantitative estimate of drug-likeness (QED) is 0.912. The van der Waals surface area contributed by atoms with E-state index in [4.69, 9.17) is 9.47 Å². The minimum absolute atomic E-state index is 0.326. The molecular formula is C15H21FO3. The van der Waals surface area contributed by atoms with Gasteiger partial charge in [-0.1, -0.05) is 6.07 Å². The number of hydrogen-bond donors (Lipinski definition) is 1. The first-order valence-corrected chi connectivity index (χ1v) is 6.74. The normalized spacial score (nSPS) is 20.2. The van der Waals surface area contributed by atoms with Crippen molar-refractivity contribution in [3.63, 3.8) is 0 Å². The molecule has 2 rings (SSSR count). The minimum Gasteiger partial charge on any atom is -0.385 e. The van der Waals surface area contributed by atoms with Crippen LogP contribution >= 0.6 is 0 Å². The lowest BCUT2D eigenvalue weighted by Gasteiger charge is -2.40. The van der Waals surface area contributed by atoms with Crippen LogP contribution in [0.15, 0.2) is 18.2 Å². The van der Waals surface area contributed by atoms with Crippen LogP contribution < -0.4 is 0 Å². The van der Waals surface area contributed by atoms with E-state index < -0.39 is 11.7 Å². The van der Waals surface area contributed by atoms with Gasteiger partial charge in [-0.2, -0.15) is 0 Å². The summed E-state index contributed by atoms with van der Waals surface area (Å²) >= 11 is 0. The first kappa shape index (κ1) is 14.4. The summed E-state index contributed by atoms with van der Waals surface area (Å²) in [7, 11) is 0. The summed E-state index contributed by atoms with van der Waals surface area (Å²) in [5, 5.41) is 10.6. The average molecular weight is 268 g/mol. The van der Waals surface area contributed by atoms with Crippen molar-refractivity contribution in [1.82, 2.24) is 0 Å². The van der Waals surface area contributed by atoms with Crippen LogP contribution in [0.4, 0.5) is 4.39 Å². The number of hydrogen-bond acceptors (Lipinski definition) is 3. The van der Waals surface area contributed by atoms with E-state index in [2.05, 4.69) is 0 Å². The Labute approximate surface area is 113 Å². The molecule has 1 heterocycles. The van der Waals surface area contributed by atoms with Crippen LogP contribution in [-0.4, -0.2) is 30.5 Å². The van der Waals surface area contributed by atoms with Crippen LogP contribution in [0.5, 0.6) is 0 Å². The van der Waals surface area contributed by atoms with Gasteiger partial charge in [0.1, 0.15) is 17.5 Å². The Morgan fingerprint density at radius 3 is 2.63 bits per heavy atom. The number of aliphatic hydroxyl groups is 1. The monoisotopic (exact) mass is 268 g/mol. The Kier molecular flexibility index (Phi) is 4.55. The number of rotatable bonds is 4. The maximum absolute atomic E-state index is 13.5. The average Bonchev–Trinajstić information content (AvgIpc) is 2.38. The zero-order valence-electron chi connectivity index (χ0n) is 11.5. The highest BCUT2D eigenvalue weighted by Crippen LogP contribution is 2.38. The van der Waals surface area contributed by atoms with Crippen molar-refractivity contribution >= 4 is 0 Å². The summed E-state index contributed by atoms with van der Waals surface area (Å²) in [5.41, 5.74) is 0.716. The molecule has 1 fully saturated rings. The molecule has 0 spiro atoms. The molecule has 1 atom stereocenters. The molecule has 0 aliphatic carbocycles. The van der Waals surface area contributed by atoms with E-state index in [-0.39, 0.29) is 5.82 Å². The van der Waals surface area contributed by atoms with E-state index in [0.29, 0.717) is 38.2 Å². The highest BCUT2D eigenvalue weighted by molar-refractivity contribution is 5.27. The lowest BCUT2D eigenvalue weighted by molar-refractivity contribution is -0.168. The molecule has 1 aromatic carbocycles. The van der Waals surface area contributed by atoms with Crippen molar-refractivity contribution in [3.05, 3.63) is 35.1 Å². The van der Waals surface area contributed by atoms with E-state index in [1.807, 2.05) is 19.9 Å². The van der Waals surface area contributed by atoms with Crippen molar-refractivity contribution < 1.29 is 19.0 Å². The molecule has 1 aliphatic heterocycles. The molecule has 1 saturated heterocycles. The first-order chi connectivity index (χ1) is 9.07. The van der Waals surface area contributed by atoms with Gasteiger partial charge in [0, 0.05) is 32.7 Å². The van der Waals surface area contributed by atoms with Crippen molar-refractivity contribution in [2.75, 3.05) is 19.8 Å². The molecule has 0 aromatic heterocycles. The Balaban J connectivity index is 2.30. The second-order valence-corrected chi connectivity index (χ2v) is 5.07. The number of aliphatic hydroxyl groups excluding tert-OH is 1. The summed E-state index contributed by atoms with van der Waals surface area (Å²) in [6, 6.07) is 4.64. The van der Waals surface area contributed by atoms with Gasteiger partial charge in [-0.15, -0.1) is 0 Å². The van der Waals surface area contributed by atoms with E-state index in [9.17, 15) is 9.50 Å². The van der Waals surface area contributed by atoms with Crippen molar-refractivity contribution in [2.45, 2.75) is 38.4 Å². The van der Waals surface area contributed by atoms with Crippen LogP contribution in [0.25, 0.3) is 0 Å². The van der Waals surface area contributed by atoms with Gasteiger partial charge < -0.3 is 14.6 Å². The second-order valence-electron chi connectivity index (χ2n) is 5.07. The zero-order chi connectivity index (χ0) is 13.9. The van der Waals surface area contributed by atoms with Gasteiger partial charge in [-0.3, -0.25) is 0 Å². The van der Waals surface area contributed by atoms with E-state index in [0.717, 1.165) is 5.56 Å². The van der Waals surface area contributed by atoms with Crippen LogP contribution in [0.1, 0.15) is 37.0 Å². The summed E-state index contributed by atoms with van der Waals surface area (Å²) in [6.45, 7) is 5.36. The number of halogens is 1. The highest BCUT2D eigenvalue weighted by atomic mass is 19.1. The highest BCUT2D eigenvalue weighted by Gasteiger charge is 2.41. The Morgan fingerprint density at radius 2 is 2.05 bits per heavy atom. The van der Waals surface area contributed by atoms with Crippen LogP contribution in [-0.2, 0) is 9.47 Å². The van der Waals surface area contributed by atoms with Crippen LogP contribution in [0, 0.1) is 12.7 Å². The lowest BCUT2D eigenvalue weighted by Crippen LogP contribution is -2.44. The summed E-state index contributed by atoms with van der Waals surface area (Å²) in [5.74, 6) is -0.326. The molecule has 1 aromatic rings. The number of benzene rings is 1. The van der Waals surface area contributed by atoms with Crippen molar-refractivity contribution in [1.29, 1.82) is 0 Å². The Hall–Kier alpha value is -0.970. The third-order valence-corrected chi connectivity index (χ3v) is 3.65. The molecule has 3 nitrogen and oxygen atoms in total. The zero-order valence-corrected chi connectivity index (χ0v) is 11.5. The third kappa shape index (κ3) is 3.14. The van der Waals surface area contributed by atoms with Crippen molar-refractivity contribution in [2.24, 2.45) is 0 Å². The molecular weight excluding hydrogens is 247 g/mol. The number of ether oxygens (including phenoxy) is 2. The predicted octanol–water partition coefficient (Wildman–Crippen LogP) is 2.75. The fourth-order valence-corrected chi connectivity index (χ4v) is 2.73. The number of aryl methyl sites for hydroxylation is 1. The summed E-state index contributed by atoms with van der Waals surface area (Å²) in [4.78, 5) is 0. The molecule has 4 heteroatoms. The minimum atomic E-state index is -0.828. The van der Waals surface area contributed by atoms with E-state index in [1.165, 1.54) is 12.1 Å². The van der Waals surface area contributed by atoms with E-state index in [1.54, 1.807) is 0 Å². The van der Waals surface area contributed by atoms with Crippen LogP contribution in [0.2, 0.25) is 0 Å². The van der Waals surface area contributed by atoms with Gasteiger partial charge in [0.05, 0.1) is 0 Å². The third-order valence-electron chi connectivity index (χ3n) is 3.65. The standard InChI is InChI=1S/C15H21FO3/c1-3-19-15(4-6-18-7-5-15)14(17)12-8-11(2)9-13(16)10-12/h8-10,14,17H,3-7H2,1-2H3. The SMILES string of the molecule is CCOC1(C(O)c2cc(C)cc(F)c2)CCOCC1. The molecule has 19 heavy (non-hydrogen) atoms. The Morgan fingerprint density at radius 1 is 1.37 bits per heavy atom. The summed E-state index contributed by atoms with van der Waals surface area (Å²) in [6.07, 6.45) is 0.417. The Bertz CT molecular complexity index is 402. The molecule has 1 aliphatic rings. The summed E-state index contributed by atoms with van der Waals surface area (Å²) < 4.78 is 24.6. The predicted molar refractivity (Wildman–Crippen MR) is 70.5 cm³/mol. The molecule has 1 unspecified atom stereocenters. The molecule has 0 saturated carbocycles. The maximum Gasteiger partial charge on any atom is 0.123 e. The fourth-order valence-electron chi connectivity index (χ4n) is 2.73.